The minimum atomic E-state index is -2.72. The van der Waals surface area contributed by atoms with Gasteiger partial charge in [-0.2, -0.15) is 0 Å². The van der Waals surface area contributed by atoms with Gasteiger partial charge in [-0.3, -0.25) is 0 Å². The average molecular weight is 239 g/mol. The second-order valence-electron chi connectivity index (χ2n) is 3.63. The molecule has 0 radical (unpaired) electrons. The Morgan fingerprint density at radius 1 is 1.35 bits per heavy atom. The number of hydrogen-bond donors (Lipinski definition) is 0. The van der Waals surface area contributed by atoms with Crippen molar-refractivity contribution in [3.8, 4) is 0 Å². The third-order valence-corrected chi connectivity index (χ3v) is 2.75. The lowest BCUT2D eigenvalue weighted by Gasteiger charge is -2.04. The third kappa shape index (κ3) is 1.67. The number of carbonyl (C=O) groups is 1. The lowest BCUT2D eigenvalue weighted by Crippen LogP contribution is -2.07. The van der Waals surface area contributed by atoms with Gasteiger partial charge in [0, 0.05) is 18.0 Å². The first-order valence-electron chi connectivity index (χ1n) is 5.01. The number of hydrogen-bond acceptors (Lipinski definition) is 2. The standard InChI is InChI=1S/C12H11F2NO2/c1-15-8-6-4-3-5-7(8)9(12(16)17-2)10(15)11(13)14/h3-6,11H,1-2H3. The summed E-state index contributed by atoms with van der Waals surface area (Å²) in [5.41, 5.74) is 0.224. The molecule has 90 valence electrons. The Morgan fingerprint density at radius 2 is 2.00 bits per heavy atom. The number of esters is 1. The summed E-state index contributed by atoms with van der Waals surface area (Å²) in [6, 6.07) is 6.75. The maximum absolute atomic E-state index is 13.0. The summed E-state index contributed by atoms with van der Waals surface area (Å²) in [6.45, 7) is 0. The van der Waals surface area contributed by atoms with Crippen molar-refractivity contribution in [2.24, 2.45) is 7.05 Å². The molecule has 2 rings (SSSR count). The van der Waals surface area contributed by atoms with Crippen molar-refractivity contribution in [2.75, 3.05) is 7.11 Å². The Morgan fingerprint density at radius 3 is 2.59 bits per heavy atom. The van der Waals surface area contributed by atoms with E-state index in [9.17, 15) is 13.6 Å². The topological polar surface area (TPSA) is 31.2 Å². The van der Waals surface area contributed by atoms with Gasteiger partial charge >= 0.3 is 5.97 Å². The van der Waals surface area contributed by atoms with E-state index in [-0.39, 0.29) is 11.3 Å². The van der Waals surface area contributed by atoms with Crippen LogP contribution >= 0.6 is 0 Å². The fourth-order valence-corrected chi connectivity index (χ4v) is 1.99. The number of benzene rings is 1. The highest BCUT2D eigenvalue weighted by Gasteiger charge is 2.26. The largest absolute Gasteiger partial charge is 0.465 e. The average Bonchev–Trinajstić information content (AvgIpc) is 2.62. The minimum absolute atomic E-state index is 0.0550. The summed E-state index contributed by atoms with van der Waals surface area (Å²) >= 11 is 0. The van der Waals surface area contributed by atoms with Gasteiger partial charge in [-0.1, -0.05) is 18.2 Å². The number of para-hydroxylation sites is 1. The molecule has 5 heteroatoms. The highest BCUT2D eigenvalue weighted by atomic mass is 19.3. The third-order valence-electron chi connectivity index (χ3n) is 2.75. The second kappa shape index (κ2) is 4.16. The second-order valence-corrected chi connectivity index (χ2v) is 3.63. The van der Waals surface area contributed by atoms with Crippen LogP contribution in [-0.2, 0) is 11.8 Å². The highest BCUT2D eigenvalue weighted by Crippen LogP contribution is 2.32. The maximum atomic E-state index is 13.0. The Kier molecular flexibility index (Phi) is 2.83. The smallest absolute Gasteiger partial charge is 0.340 e. The van der Waals surface area contributed by atoms with E-state index in [4.69, 9.17) is 0 Å². The van der Waals surface area contributed by atoms with Crippen LogP contribution in [0.1, 0.15) is 22.5 Å². The van der Waals surface area contributed by atoms with Gasteiger partial charge < -0.3 is 9.30 Å². The number of ether oxygens (including phenoxy) is 1. The molecule has 0 atom stereocenters. The molecule has 0 N–H and O–H groups in total. The molecule has 0 saturated heterocycles. The van der Waals surface area contributed by atoms with Crippen molar-refractivity contribution in [1.82, 2.24) is 4.57 Å². The normalized spacial score (nSPS) is 11.1. The number of rotatable bonds is 2. The number of nitrogens with zero attached hydrogens (tertiary/aromatic N) is 1. The van der Waals surface area contributed by atoms with E-state index in [0.717, 1.165) is 0 Å². The zero-order valence-corrected chi connectivity index (χ0v) is 9.41. The lowest BCUT2D eigenvalue weighted by molar-refractivity contribution is 0.0589. The van der Waals surface area contributed by atoms with Crippen molar-refractivity contribution < 1.29 is 18.3 Å². The fourth-order valence-electron chi connectivity index (χ4n) is 1.99. The van der Waals surface area contributed by atoms with Crippen molar-refractivity contribution in [3.63, 3.8) is 0 Å². The van der Waals surface area contributed by atoms with E-state index >= 15 is 0 Å². The Labute approximate surface area is 96.6 Å². The number of alkyl halides is 2. The number of aromatic nitrogens is 1. The van der Waals surface area contributed by atoms with Gasteiger partial charge in [0.25, 0.3) is 6.43 Å². The van der Waals surface area contributed by atoms with E-state index in [1.807, 2.05) is 0 Å². The summed E-state index contributed by atoms with van der Waals surface area (Å²) in [5, 5.41) is 0.483. The van der Waals surface area contributed by atoms with E-state index in [0.29, 0.717) is 10.9 Å². The summed E-state index contributed by atoms with van der Waals surface area (Å²) in [7, 11) is 2.69. The first-order valence-corrected chi connectivity index (χ1v) is 5.01. The molecule has 3 nitrogen and oxygen atoms in total. The van der Waals surface area contributed by atoms with E-state index in [1.165, 1.54) is 18.7 Å². The van der Waals surface area contributed by atoms with Crippen LogP contribution in [0.25, 0.3) is 10.9 Å². The summed E-state index contributed by atoms with van der Waals surface area (Å²) < 4.78 is 31.9. The summed E-state index contributed by atoms with van der Waals surface area (Å²) in [5.74, 6) is -0.739. The van der Waals surface area contributed by atoms with Gasteiger partial charge in [0.1, 0.15) is 0 Å². The van der Waals surface area contributed by atoms with Gasteiger partial charge in [-0.25, -0.2) is 13.6 Å². The summed E-state index contributed by atoms with van der Waals surface area (Å²) in [4.78, 5) is 11.6. The molecule has 0 unspecified atom stereocenters. The molecule has 0 aliphatic rings. The van der Waals surface area contributed by atoms with Crippen LogP contribution in [-0.4, -0.2) is 17.6 Å². The lowest BCUT2D eigenvalue weighted by atomic mass is 10.1. The zero-order valence-electron chi connectivity index (χ0n) is 9.41. The van der Waals surface area contributed by atoms with Crippen LogP contribution < -0.4 is 0 Å². The molecule has 0 fully saturated rings. The molecular weight excluding hydrogens is 228 g/mol. The first kappa shape index (κ1) is 11.6. The SMILES string of the molecule is COC(=O)c1c(C(F)F)n(C)c2ccccc12. The maximum Gasteiger partial charge on any atom is 0.340 e. The Bertz CT molecular complexity index is 575. The number of aryl methyl sites for hydroxylation is 1. The molecule has 1 aromatic carbocycles. The Balaban J connectivity index is 2.86. The predicted molar refractivity (Wildman–Crippen MR) is 59.2 cm³/mol. The van der Waals surface area contributed by atoms with Crippen LogP contribution in [0.4, 0.5) is 8.78 Å². The van der Waals surface area contributed by atoms with Crippen molar-refractivity contribution >= 4 is 16.9 Å². The van der Waals surface area contributed by atoms with Crippen LogP contribution in [0.2, 0.25) is 0 Å². The molecule has 1 aromatic heterocycles. The van der Waals surface area contributed by atoms with Crippen molar-refractivity contribution in [2.45, 2.75) is 6.43 Å². The van der Waals surface area contributed by atoms with E-state index in [2.05, 4.69) is 4.74 Å². The van der Waals surface area contributed by atoms with Crippen molar-refractivity contribution in [1.29, 1.82) is 0 Å². The molecule has 0 aliphatic heterocycles. The molecule has 0 spiro atoms. The Hall–Kier alpha value is -1.91. The van der Waals surface area contributed by atoms with Crippen LogP contribution in [0.5, 0.6) is 0 Å². The van der Waals surface area contributed by atoms with Gasteiger partial charge in [-0.05, 0) is 6.07 Å². The van der Waals surface area contributed by atoms with Crippen LogP contribution in [0.3, 0.4) is 0 Å². The first-order chi connectivity index (χ1) is 8.07. The summed E-state index contributed by atoms with van der Waals surface area (Å²) in [6.07, 6.45) is -2.72. The number of fused-ring (bicyclic) bond motifs is 1. The molecule has 17 heavy (non-hydrogen) atoms. The van der Waals surface area contributed by atoms with Gasteiger partial charge in [0.2, 0.25) is 0 Å². The monoisotopic (exact) mass is 239 g/mol. The van der Waals surface area contributed by atoms with Gasteiger partial charge in [0.05, 0.1) is 18.4 Å². The fraction of sp³-hybridized carbons (Fsp3) is 0.250. The van der Waals surface area contributed by atoms with E-state index in [1.54, 1.807) is 24.3 Å². The number of carbonyl (C=O) groups excluding carboxylic acids is 1. The molecule has 0 amide bonds. The molecule has 2 aromatic rings. The number of halogens is 2. The van der Waals surface area contributed by atoms with E-state index < -0.39 is 12.4 Å². The molecule has 0 aliphatic carbocycles. The predicted octanol–water partition coefficient (Wildman–Crippen LogP) is 2.90. The number of methoxy groups -OCH3 is 1. The van der Waals surface area contributed by atoms with Crippen molar-refractivity contribution in [3.05, 3.63) is 35.5 Å². The minimum Gasteiger partial charge on any atom is -0.465 e. The van der Waals surface area contributed by atoms with Gasteiger partial charge in [0.15, 0.2) is 0 Å². The van der Waals surface area contributed by atoms with Crippen LogP contribution in [0, 0.1) is 0 Å². The van der Waals surface area contributed by atoms with Crippen LogP contribution in [0.15, 0.2) is 24.3 Å². The van der Waals surface area contributed by atoms with Gasteiger partial charge in [-0.15, -0.1) is 0 Å². The quantitative estimate of drug-likeness (QED) is 0.754. The molecule has 1 heterocycles. The molecule has 0 saturated carbocycles. The molecule has 0 bridgehead atoms. The zero-order chi connectivity index (χ0) is 12.6. The highest BCUT2D eigenvalue weighted by molar-refractivity contribution is 6.06. The molecular formula is C12H11F2NO2.